The molecular weight excluding hydrogens is 574 g/mol. The van der Waals surface area contributed by atoms with Crippen molar-refractivity contribution in [2.24, 2.45) is 0 Å². The molecule has 0 saturated heterocycles. The lowest BCUT2D eigenvalue weighted by Crippen LogP contribution is -2.03. The van der Waals surface area contributed by atoms with E-state index in [2.05, 4.69) is 143 Å². The van der Waals surface area contributed by atoms with Crippen molar-refractivity contribution in [2.45, 2.75) is 0 Å². The summed E-state index contributed by atoms with van der Waals surface area (Å²) in [6, 6.07) is 55.2. The van der Waals surface area contributed by atoms with E-state index < -0.39 is 0 Å². The number of benzene rings is 7. The highest BCUT2D eigenvalue weighted by Crippen LogP contribution is 2.44. The Labute approximate surface area is 269 Å². The number of aromatic nitrogens is 2. The Hall–Kier alpha value is -6.57. The van der Waals surface area contributed by atoms with Crippen molar-refractivity contribution in [2.75, 3.05) is 0 Å². The van der Waals surface area contributed by atoms with E-state index in [1.807, 2.05) is 24.3 Å². The Morgan fingerprint density at radius 3 is 1.77 bits per heavy atom. The van der Waals surface area contributed by atoms with E-state index in [0.717, 1.165) is 77.3 Å². The molecule has 0 N–H and O–H groups in total. The van der Waals surface area contributed by atoms with Crippen LogP contribution >= 0.6 is 0 Å². The first-order valence-corrected chi connectivity index (χ1v) is 15.8. The maximum Gasteiger partial charge on any atom is 0.136 e. The standard InChI is InChI=1S/C43H25N3O/c44-26-27-12-11-18-31(43(27)46-35-20-7-1-13-28(35)29-14-2-8-21-36(29)46)30-15-3-6-19-34(30)45-37-22-9-4-16-32(37)41-38(45)24-25-40-42(41)33-17-5-10-23-39(33)47-40/h1-25H. The van der Waals surface area contributed by atoms with Crippen molar-refractivity contribution in [1.29, 1.82) is 5.26 Å². The summed E-state index contributed by atoms with van der Waals surface area (Å²) >= 11 is 0. The maximum atomic E-state index is 10.6. The van der Waals surface area contributed by atoms with E-state index in [1.165, 1.54) is 10.8 Å². The zero-order chi connectivity index (χ0) is 31.1. The number of hydrogen-bond donors (Lipinski definition) is 0. The smallest absolute Gasteiger partial charge is 0.136 e. The van der Waals surface area contributed by atoms with Crippen LogP contribution in [0.25, 0.3) is 88.1 Å². The summed E-state index contributed by atoms with van der Waals surface area (Å²) in [5, 5.41) is 17.5. The molecule has 0 saturated carbocycles. The summed E-state index contributed by atoms with van der Waals surface area (Å²) < 4.78 is 11.0. The minimum atomic E-state index is 0.623. The number of nitriles is 1. The third-order valence-corrected chi connectivity index (χ3v) is 9.57. The van der Waals surface area contributed by atoms with Gasteiger partial charge in [0.05, 0.1) is 39.0 Å². The number of hydrogen-bond acceptors (Lipinski definition) is 2. The number of para-hydroxylation sites is 6. The highest BCUT2D eigenvalue weighted by atomic mass is 16.3. The Balaban J connectivity index is 1.34. The van der Waals surface area contributed by atoms with Gasteiger partial charge < -0.3 is 13.6 Å². The van der Waals surface area contributed by atoms with Crippen molar-refractivity contribution in [3.63, 3.8) is 0 Å². The summed E-state index contributed by atoms with van der Waals surface area (Å²) in [4.78, 5) is 0. The molecule has 0 aliphatic heterocycles. The van der Waals surface area contributed by atoms with Crippen LogP contribution in [0.15, 0.2) is 156 Å². The molecule has 4 nitrogen and oxygen atoms in total. The molecule has 47 heavy (non-hydrogen) atoms. The van der Waals surface area contributed by atoms with Crippen LogP contribution in [0.1, 0.15) is 5.56 Å². The van der Waals surface area contributed by atoms with Crippen molar-refractivity contribution in [3.8, 4) is 28.6 Å². The lowest BCUT2D eigenvalue weighted by Gasteiger charge is -2.19. The zero-order valence-corrected chi connectivity index (χ0v) is 25.2. The predicted molar refractivity (Wildman–Crippen MR) is 193 cm³/mol. The fourth-order valence-electron chi connectivity index (χ4n) is 7.69. The molecule has 0 radical (unpaired) electrons. The third kappa shape index (κ3) is 3.51. The molecule has 0 unspecified atom stereocenters. The van der Waals surface area contributed by atoms with Gasteiger partial charge in [-0.2, -0.15) is 5.26 Å². The highest BCUT2D eigenvalue weighted by molar-refractivity contribution is 6.27. The zero-order valence-electron chi connectivity index (χ0n) is 25.2. The van der Waals surface area contributed by atoms with Gasteiger partial charge in [0.25, 0.3) is 0 Å². The monoisotopic (exact) mass is 599 g/mol. The largest absolute Gasteiger partial charge is 0.456 e. The minimum absolute atomic E-state index is 0.623. The Morgan fingerprint density at radius 2 is 1.02 bits per heavy atom. The van der Waals surface area contributed by atoms with Gasteiger partial charge in [0.1, 0.15) is 17.2 Å². The van der Waals surface area contributed by atoms with Gasteiger partial charge in [0, 0.05) is 43.4 Å². The summed E-state index contributed by atoms with van der Waals surface area (Å²) in [5.74, 6) is 0. The second-order valence-electron chi connectivity index (χ2n) is 12.0. The fourth-order valence-corrected chi connectivity index (χ4v) is 7.69. The van der Waals surface area contributed by atoms with Gasteiger partial charge in [-0.1, -0.05) is 103 Å². The van der Waals surface area contributed by atoms with Crippen LogP contribution in [-0.2, 0) is 0 Å². The molecule has 10 aromatic rings. The normalized spacial score (nSPS) is 11.8. The van der Waals surface area contributed by atoms with E-state index in [0.29, 0.717) is 5.56 Å². The lowest BCUT2D eigenvalue weighted by atomic mass is 9.98. The summed E-state index contributed by atoms with van der Waals surface area (Å²) in [6.07, 6.45) is 0. The number of fused-ring (bicyclic) bond motifs is 10. The summed E-state index contributed by atoms with van der Waals surface area (Å²) in [5.41, 5.74) is 10.7. The number of rotatable bonds is 3. The van der Waals surface area contributed by atoms with Gasteiger partial charge in [0.15, 0.2) is 0 Å². The van der Waals surface area contributed by atoms with Crippen LogP contribution in [0.5, 0.6) is 0 Å². The van der Waals surface area contributed by atoms with E-state index >= 15 is 0 Å². The van der Waals surface area contributed by atoms with Gasteiger partial charge in [-0.05, 0) is 48.5 Å². The second kappa shape index (κ2) is 9.71. The van der Waals surface area contributed by atoms with E-state index in [4.69, 9.17) is 4.42 Å². The maximum absolute atomic E-state index is 10.6. The summed E-state index contributed by atoms with van der Waals surface area (Å²) in [7, 11) is 0. The van der Waals surface area contributed by atoms with Crippen LogP contribution in [0, 0.1) is 11.3 Å². The molecule has 0 aliphatic rings. The van der Waals surface area contributed by atoms with E-state index in [-0.39, 0.29) is 0 Å². The molecule has 0 amide bonds. The van der Waals surface area contributed by atoms with Gasteiger partial charge >= 0.3 is 0 Å². The highest BCUT2D eigenvalue weighted by Gasteiger charge is 2.23. The molecule has 0 spiro atoms. The first-order valence-electron chi connectivity index (χ1n) is 15.8. The molecule has 218 valence electrons. The molecule has 3 heterocycles. The quantitative estimate of drug-likeness (QED) is 0.203. The van der Waals surface area contributed by atoms with Crippen LogP contribution in [0.3, 0.4) is 0 Å². The molecule has 0 bridgehead atoms. The molecule has 4 heteroatoms. The van der Waals surface area contributed by atoms with Gasteiger partial charge in [-0.3, -0.25) is 0 Å². The van der Waals surface area contributed by atoms with Crippen molar-refractivity contribution >= 4 is 65.6 Å². The molecular formula is C43H25N3O. The summed E-state index contributed by atoms with van der Waals surface area (Å²) in [6.45, 7) is 0. The SMILES string of the molecule is N#Cc1cccc(-c2ccccc2-n2c3ccccc3c3c4c(ccc32)oc2ccccc24)c1-n1c2ccccc2c2ccccc21. The lowest BCUT2D eigenvalue weighted by molar-refractivity contribution is 0.669. The van der Waals surface area contributed by atoms with Gasteiger partial charge in [-0.15, -0.1) is 0 Å². The van der Waals surface area contributed by atoms with Gasteiger partial charge in [-0.25, -0.2) is 0 Å². The third-order valence-electron chi connectivity index (χ3n) is 9.57. The van der Waals surface area contributed by atoms with Crippen LogP contribution in [-0.4, -0.2) is 9.13 Å². The Bertz CT molecular complexity index is 2880. The fraction of sp³-hybridized carbons (Fsp3) is 0. The molecule has 3 aromatic heterocycles. The van der Waals surface area contributed by atoms with Crippen LogP contribution < -0.4 is 0 Å². The van der Waals surface area contributed by atoms with Crippen molar-refractivity contribution < 1.29 is 4.42 Å². The average Bonchev–Trinajstić information content (AvgIpc) is 3.79. The first kappa shape index (κ1) is 25.7. The molecule has 7 aromatic carbocycles. The second-order valence-corrected chi connectivity index (χ2v) is 12.0. The Morgan fingerprint density at radius 1 is 0.426 bits per heavy atom. The van der Waals surface area contributed by atoms with E-state index in [1.54, 1.807) is 0 Å². The average molecular weight is 600 g/mol. The van der Waals surface area contributed by atoms with Gasteiger partial charge in [0.2, 0.25) is 0 Å². The number of furan rings is 1. The van der Waals surface area contributed by atoms with Crippen LogP contribution in [0.4, 0.5) is 0 Å². The molecule has 10 rings (SSSR count). The van der Waals surface area contributed by atoms with Crippen molar-refractivity contribution in [3.05, 3.63) is 157 Å². The van der Waals surface area contributed by atoms with Crippen LogP contribution in [0.2, 0.25) is 0 Å². The molecule has 0 fully saturated rings. The Kier molecular flexibility index (Phi) is 5.32. The topological polar surface area (TPSA) is 46.8 Å². The van der Waals surface area contributed by atoms with E-state index in [9.17, 15) is 5.26 Å². The minimum Gasteiger partial charge on any atom is -0.456 e. The predicted octanol–water partition coefficient (Wildman–Crippen LogP) is 11.3. The molecule has 0 atom stereocenters. The first-order chi connectivity index (χ1) is 23.3. The number of nitrogens with zero attached hydrogens (tertiary/aromatic N) is 3. The molecule has 0 aliphatic carbocycles. The van der Waals surface area contributed by atoms with Crippen molar-refractivity contribution in [1.82, 2.24) is 9.13 Å².